The molecule has 2 aromatic rings. The van der Waals surface area contributed by atoms with Gasteiger partial charge in [0.2, 0.25) is 0 Å². The van der Waals surface area contributed by atoms with Crippen LogP contribution >= 0.6 is 0 Å². The van der Waals surface area contributed by atoms with Gasteiger partial charge in [0.05, 0.1) is 11.1 Å². The predicted octanol–water partition coefficient (Wildman–Crippen LogP) is 6.76. The van der Waals surface area contributed by atoms with Crippen LogP contribution in [0.4, 0.5) is 0 Å². The molecule has 34 heavy (non-hydrogen) atoms. The Morgan fingerprint density at radius 1 is 0.824 bits per heavy atom. The third-order valence-electron chi connectivity index (χ3n) is 6.60. The molecular formula is C28H36O6. The Morgan fingerprint density at radius 2 is 1.29 bits per heavy atom. The summed E-state index contributed by atoms with van der Waals surface area (Å²) in [6.45, 7) is 12.3. The second-order valence-corrected chi connectivity index (χ2v) is 10.2. The fraction of sp³-hybridized carbons (Fsp3) is 0.500. The van der Waals surface area contributed by atoms with Crippen LogP contribution in [0.3, 0.4) is 0 Å². The van der Waals surface area contributed by atoms with Gasteiger partial charge in [0, 0.05) is 0 Å². The molecule has 0 bridgehead atoms. The normalized spacial score (nSPS) is 22.6. The summed E-state index contributed by atoms with van der Waals surface area (Å²) < 4.78 is 0. The number of hydrogen-bond donors (Lipinski definition) is 0. The molecule has 0 heterocycles. The number of rotatable bonds is 8. The van der Waals surface area contributed by atoms with E-state index in [1.54, 1.807) is 24.3 Å². The first-order valence-corrected chi connectivity index (χ1v) is 12.1. The third kappa shape index (κ3) is 6.45. The Balaban J connectivity index is 1.61. The minimum atomic E-state index is -0.943. The molecule has 3 unspecified atom stereocenters. The topological polar surface area (TPSA) is 71.1 Å². The Bertz CT molecular complexity index is 963. The van der Waals surface area contributed by atoms with E-state index in [0.717, 1.165) is 17.5 Å². The van der Waals surface area contributed by atoms with Gasteiger partial charge >= 0.3 is 11.9 Å². The lowest BCUT2D eigenvalue weighted by Crippen LogP contribution is -2.48. The highest BCUT2D eigenvalue weighted by Crippen LogP contribution is 2.37. The van der Waals surface area contributed by atoms with Crippen molar-refractivity contribution in [3.05, 3.63) is 70.8 Å². The average Bonchev–Trinajstić information content (AvgIpc) is 2.83. The van der Waals surface area contributed by atoms with E-state index in [9.17, 15) is 9.59 Å². The highest BCUT2D eigenvalue weighted by atomic mass is 17.2. The molecule has 1 saturated carbocycles. The molecule has 1 aliphatic carbocycles. The van der Waals surface area contributed by atoms with E-state index in [0.29, 0.717) is 41.7 Å². The third-order valence-corrected chi connectivity index (χ3v) is 6.60. The van der Waals surface area contributed by atoms with Gasteiger partial charge in [-0.2, -0.15) is 9.78 Å². The minimum absolute atomic E-state index is 0.352. The Morgan fingerprint density at radius 3 is 1.76 bits per heavy atom. The van der Waals surface area contributed by atoms with Crippen LogP contribution in [-0.4, -0.2) is 23.6 Å². The maximum atomic E-state index is 12.5. The van der Waals surface area contributed by atoms with Crippen LogP contribution in [0.25, 0.3) is 0 Å². The molecule has 3 atom stereocenters. The highest BCUT2D eigenvalue weighted by molar-refractivity contribution is 5.89. The molecule has 0 aromatic heterocycles. The molecule has 3 rings (SSSR count). The van der Waals surface area contributed by atoms with E-state index in [2.05, 4.69) is 34.6 Å². The molecule has 0 saturated heterocycles. The van der Waals surface area contributed by atoms with Crippen molar-refractivity contribution in [2.24, 2.45) is 5.92 Å². The lowest BCUT2D eigenvalue weighted by Gasteiger charge is -2.39. The van der Waals surface area contributed by atoms with Crippen LogP contribution in [0.1, 0.15) is 104 Å². The first-order valence-electron chi connectivity index (χ1n) is 12.1. The molecule has 0 N–H and O–H groups in total. The van der Waals surface area contributed by atoms with Gasteiger partial charge in [0.25, 0.3) is 0 Å². The molecule has 0 radical (unpaired) electrons. The van der Waals surface area contributed by atoms with E-state index in [1.807, 2.05) is 31.2 Å². The molecular weight excluding hydrogens is 432 g/mol. The van der Waals surface area contributed by atoms with E-state index >= 15 is 0 Å². The molecule has 0 aliphatic heterocycles. The van der Waals surface area contributed by atoms with Crippen molar-refractivity contribution in [1.29, 1.82) is 0 Å². The molecule has 0 spiro atoms. The molecule has 184 valence electrons. The molecule has 6 nitrogen and oxygen atoms in total. The average molecular weight is 469 g/mol. The fourth-order valence-corrected chi connectivity index (χ4v) is 4.00. The van der Waals surface area contributed by atoms with Gasteiger partial charge in [0.1, 0.15) is 11.7 Å². The van der Waals surface area contributed by atoms with E-state index < -0.39 is 23.6 Å². The molecule has 6 heteroatoms. The van der Waals surface area contributed by atoms with Gasteiger partial charge < -0.3 is 0 Å². The van der Waals surface area contributed by atoms with Crippen LogP contribution in [0, 0.1) is 5.92 Å². The number of carbonyl (C=O) groups is 2. The van der Waals surface area contributed by atoms with Gasteiger partial charge in [0.15, 0.2) is 0 Å². The zero-order valence-electron chi connectivity index (χ0n) is 21.0. The zero-order chi connectivity index (χ0) is 24.9. The van der Waals surface area contributed by atoms with Gasteiger partial charge in [-0.25, -0.2) is 9.59 Å². The first kappa shape index (κ1) is 25.9. The molecule has 0 amide bonds. The second kappa shape index (κ2) is 11.2. The predicted molar refractivity (Wildman–Crippen MR) is 129 cm³/mol. The van der Waals surface area contributed by atoms with Gasteiger partial charge in [-0.3, -0.25) is 9.78 Å². The second-order valence-electron chi connectivity index (χ2n) is 10.2. The summed E-state index contributed by atoms with van der Waals surface area (Å²) in [5.74, 6) is -0.0452. The van der Waals surface area contributed by atoms with Crippen molar-refractivity contribution in [2.45, 2.75) is 84.3 Å². The van der Waals surface area contributed by atoms with Gasteiger partial charge in [-0.15, -0.1) is 0 Å². The molecule has 1 fully saturated rings. The highest BCUT2D eigenvalue weighted by Gasteiger charge is 2.45. The molecule has 2 aromatic carbocycles. The summed E-state index contributed by atoms with van der Waals surface area (Å²) in [5, 5.41) is 0. The van der Waals surface area contributed by atoms with Crippen molar-refractivity contribution in [2.75, 3.05) is 0 Å². The Kier molecular flexibility index (Phi) is 8.50. The van der Waals surface area contributed by atoms with Gasteiger partial charge in [-0.1, -0.05) is 58.9 Å². The summed E-state index contributed by atoms with van der Waals surface area (Å²) in [6.07, 6.45) is 1.50. The number of hydrogen-bond acceptors (Lipinski definition) is 6. The van der Waals surface area contributed by atoms with Crippen molar-refractivity contribution in [3.8, 4) is 0 Å². The van der Waals surface area contributed by atoms with Crippen LogP contribution in [0.15, 0.2) is 48.5 Å². The Hall–Kier alpha value is -2.70. The standard InChI is InChI=1S/C28H36O6/c1-18(2)21-7-11-23(12-8-21)26(29)32-31-25-17-20(5)15-16-28(25,6)34-33-27(30)24-13-9-22(10-14-24)19(3)4/h7-14,18-20,25H,15-17H2,1-6H3. The van der Waals surface area contributed by atoms with E-state index in [-0.39, 0.29) is 0 Å². The zero-order valence-corrected chi connectivity index (χ0v) is 21.0. The van der Waals surface area contributed by atoms with Crippen molar-refractivity contribution in [1.82, 2.24) is 0 Å². The monoisotopic (exact) mass is 468 g/mol. The van der Waals surface area contributed by atoms with Crippen LogP contribution in [0.5, 0.6) is 0 Å². The Labute approximate surface area is 202 Å². The van der Waals surface area contributed by atoms with Crippen molar-refractivity contribution in [3.63, 3.8) is 0 Å². The van der Waals surface area contributed by atoms with Gasteiger partial charge in [-0.05, 0) is 79.3 Å². The summed E-state index contributed by atoms with van der Waals surface area (Å²) in [7, 11) is 0. The SMILES string of the molecule is CC1CCC(C)(OOC(=O)c2ccc(C(C)C)cc2)C(OOC(=O)c2ccc(C(C)C)cc2)C1. The molecule has 1 aliphatic rings. The van der Waals surface area contributed by atoms with Crippen LogP contribution in [-0.2, 0) is 19.6 Å². The van der Waals surface area contributed by atoms with Crippen molar-refractivity contribution < 1.29 is 29.1 Å². The summed E-state index contributed by atoms with van der Waals surface area (Å²) in [6, 6.07) is 14.5. The number of carbonyl (C=O) groups excluding carboxylic acids is 2. The summed E-state index contributed by atoms with van der Waals surface area (Å²) in [5.41, 5.74) is 2.15. The fourth-order valence-electron chi connectivity index (χ4n) is 4.00. The van der Waals surface area contributed by atoms with E-state index in [4.69, 9.17) is 19.6 Å². The smallest absolute Gasteiger partial charge is 0.292 e. The largest absolute Gasteiger partial charge is 0.373 e. The van der Waals surface area contributed by atoms with Crippen LogP contribution in [0.2, 0.25) is 0 Å². The lowest BCUT2D eigenvalue weighted by atomic mass is 9.78. The maximum Gasteiger partial charge on any atom is 0.373 e. The van der Waals surface area contributed by atoms with Crippen LogP contribution < -0.4 is 0 Å². The first-order chi connectivity index (χ1) is 16.1. The summed E-state index contributed by atoms with van der Waals surface area (Å²) in [4.78, 5) is 46.6. The lowest BCUT2D eigenvalue weighted by molar-refractivity contribution is -0.388. The maximum absolute atomic E-state index is 12.5. The van der Waals surface area contributed by atoms with E-state index in [1.165, 1.54) is 0 Å². The minimum Gasteiger partial charge on any atom is -0.292 e. The van der Waals surface area contributed by atoms with Crippen molar-refractivity contribution >= 4 is 11.9 Å². The quantitative estimate of drug-likeness (QED) is 0.315. The summed E-state index contributed by atoms with van der Waals surface area (Å²) >= 11 is 0. The number of benzene rings is 2.